The van der Waals surface area contributed by atoms with Crippen LogP contribution < -0.4 is 20.1 Å². The number of rotatable bonds is 8. The maximum Gasteiger partial charge on any atom is 0.240 e. The largest absolute Gasteiger partial charge is 0.497 e. The van der Waals surface area contributed by atoms with Crippen LogP contribution in [0.3, 0.4) is 0 Å². The molecule has 0 aliphatic rings. The Morgan fingerprint density at radius 3 is 2.45 bits per heavy atom. The molecule has 3 N–H and O–H groups in total. The highest BCUT2D eigenvalue weighted by Gasteiger charge is 2.18. The standard InChI is InChI=1S/C20H34N4O4.HI/c1-8-21-19(24(5)13-18(26)23-20(2,3)4)22-12-16(25)15-11-14(27-6)9-10-17(15)28-7;/h9-11,16,25H,8,12-13H2,1-7H3,(H,21,22)(H,23,26);1H. The number of aliphatic imine (C=N–C) groups is 1. The Labute approximate surface area is 191 Å². The van der Waals surface area contributed by atoms with Gasteiger partial charge in [-0.3, -0.25) is 9.79 Å². The van der Waals surface area contributed by atoms with Gasteiger partial charge in [-0.1, -0.05) is 0 Å². The smallest absolute Gasteiger partial charge is 0.240 e. The number of nitrogens with zero attached hydrogens (tertiary/aromatic N) is 2. The Hall–Kier alpha value is -1.75. The maximum absolute atomic E-state index is 12.2. The van der Waals surface area contributed by atoms with Crippen LogP contribution in [0.4, 0.5) is 0 Å². The molecule has 0 radical (unpaired) electrons. The second-order valence-corrected chi connectivity index (χ2v) is 7.47. The van der Waals surface area contributed by atoms with Gasteiger partial charge in [0.1, 0.15) is 17.6 Å². The molecule has 0 heterocycles. The number of hydrogen-bond acceptors (Lipinski definition) is 5. The Kier molecular flexibility index (Phi) is 12.0. The first kappa shape index (κ1) is 27.2. The molecule has 1 aromatic carbocycles. The SMILES string of the molecule is CCNC(=NCC(O)c1cc(OC)ccc1OC)N(C)CC(=O)NC(C)(C)C.I. The third-order valence-electron chi connectivity index (χ3n) is 3.80. The number of guanidine groups is 1. The third-order valence-corrected chi connectivity index (χ3v) is 3.80. The van der Waals surface area contributed by atoms with Crippen LogP contribution in [0, 0.1) is 0 Å². The number of carbonyl (C=O) groups is 1. The van der Waals surface area contributed by atoms with Crippen molar-refractivity contribution in [2.24, 2.45) is 4.99 Å². The number of benzene rings is 1. The van der Waals surface area contributed by atoms with E-state index in [1.165, 1.54) is 0 Å². The number of aliphatic hydroxyl groups excluding tert-OH is 1. The van der Waals surface area contributed by atoms with Crippen LogP contribution in [0.2, 0.25) is 0 Å². The van der Waals surface area contributed by atoms with Crippen LogP contribution in [-0.2, 0) is 4.79 Å². The number of nitrogens with one attached hydrogen (secondary N) is 2. The summed E-state index contributed by atoms with van der Waals surface area (Å²) in [4.78, 5) is 18.4. The molecule has 0 saturated heterocycles. The first-order chi connectivity index (χ1) is 13.1. The lowest BCUT2D eigenvalue weighted by Gasteiger charge is -2.25. The van der Waals surface area contributed by atoms with E-state index in [4.69, 9.17) is 9.47 Å². The predicted molar refractivity (Wildman–Crippen MR) is 126 cm³/mol. The van der Waals surface area contributed by atoms with Crippen LogP contribution in [0.5, 0.6) is 11.5 Å². The number of aliphatic hydroxyl groups is 1. The molecule has 9 heteroatoms. The van der Waals surface area contributed by atoms with Gasteiger partial charge in [0.25, 0.3) is 0 Å². The Morgan fingerprint density at radius 2 is 1.93 bits per heavy atom. The number of halogens is 1. The van der Waals surface area contributed by atoms with Gasteiger partial charge in [-0.15, -0.1) is 24.0 Å². The molecule has 0 saturated carbocycles. The Bertz CT molecular complexity index is 677. The average molecular weight is 522 g/mol. The van der Waals surface area contributed by atoms with E-state index in [2.05, 4.69) is 15.6 Å². The van der Waals surface area contributed by atoms with Crippen molar-refractivity contribution in [1.29, 1.82) is 0 Å². The first-order valence-electron chi connectivity index (χ1n) is 9.31. The van der Waals surface area contributed by atoms with Crippen molar-refractivity contribution >= 4 is 35.8 Å². The average Bonchev–Trinajstić information content (AvgIpc) is 2.62. The van der Waals surface area contributed by atoms with Gasteiger partial charge in [0.15, 0.2) is 5.96 Å². The molecule has 0 aliphatic heterocycles. The molecular formula is C20H35IN4O4. The van der Waals surface area contributed by atoms with E-state index in [0.29, 0.717) is 29.6 Å². The van der Waals surface area contributed by atoms with Gasteiger partial charge in [-0.25, -0.2) is 0 Å². The number of carbonyl (C=O) groups excluding carboxylic acids is 1. The van der Waals surface area contributed by atoms with Crippen LogP contribution in [0.1, 0.15) is 39.4 Å². The van der Waals surface area contributed by atoms with E-state index < -0.39 is 6.10 Å². The summed E-state index contributed by atoms with van der Waals surface area (Å²) in [6.45, 7) is 8.65. The molecular weight excluding hydrogens is 487 g/mol. The fraction of sp³-hybridized carbons (Fsp3) is 0.600. The molecule has 1 aromatic rings. The van der Waals surface area contributed by atoms with E-state index in [9.17, 15) is 9.90 Å². The van der Waals surface area contributed by atoms with Crippen LogP contribution in [-0.4, -0.2) is 68.3 Å². The predicted octanol–water partition coefficient (Wildman–Crippen LogP) is 2.17. The van der Waals surface area contributed by atoms with Crippen molar-refractivity contribution in [1.82, 2.24) is 15.5 Å². The minimum atomic E-state index is -0.879. The van der Waals surface area contributed by atoms with Gasteiger partial charge in [0.05, 0.1) is 27.3 Å². The van der Waals surface area contributed by atoms with Crippen LogP contribution >= 0.6 is 24.0 Å². The van der Waals surface area contributed by atoms with Gasteiger partial charge in [0, 0.05) is 24.7 Å². The van der Waals surface area contributed by atoms with Gasteiger partial charge in [-0.2, -0.15) is 0 Å². The zero-order valence-electron chi connectivity index (χ0n) is 18.4. The molecule has 0 fully saturated rings. The number of likely N-dealkylation sites (N-methyl/N-ethyl adjacent to an activating group) is 1. The Morgan fingerprint density at radius 1 is 1.28 bits per heavy atom. The highest BCUT2D eigenvalue weighted by atomic mass is 127. The summed E-state index contributed by atoms with van der Waals surface area (Å²) in [6.07, 6.45) is -0.879. The minimum absolute atomic E-state index is 0. The summed E-state index contributed by atoms with van der Waals surface area (Å²) in [6, 6.07) is 5.24. The van der Waals surface area contributed by atoms with Crippen molar-refractivity contribution in [3.63, 3.8) is 0 Å². The fourth-order valence-electron chi connectivity index (χ4n) is 2.59. The molecule has 1 rings (SSSR count). The number of amides is 1. The monoisotopic (exact) mass is 522 g/mol. The number of hydrogen-bond donors (Lipinski definition) is 3. The summed E-state index contributed by atoms with van der Waals surface area (Å²) in [5.41, 5.74) is 0.293. The second-order valence-electron chi connectivity index (χ2n) is 7.47. The number of methoxy groups -OCH3 is 2. The number of ether oxygens (including phenoxy) is 2. The minimum Gasteiger partial charge on any atom is -0.497 e. The molecule has 0 spiro atoms. The fourth-order valence-corrected chi connectivity index (χ4v) is 2.59. The van der Waals surface area contributed by atoms with E-state index in [1.807, 2.05) is 27.7 Å². The van der Waals surface area contributed by atoms with Crippen molar-refractivity contribution in [3.8, 4) is 11.5 Å². The topological polar surface area (TPSA) is 95.4 Å². The van der Waals surface area contributed by atoms with E-state index in [-0.39, 0.29) is 48.5 Å². The van der Waals surface area contributed by atoms with E-state index >= 15 is 0 Å². The third kappa shape index (κ3) is 9.53. The molecule has 1 atom stereocenters. The molecule has 8 nitrogen and oxygen atoms in total. The normalized spacial score (nSPS) is 12.5. The first-order valence-corrected chi connectivity index (χ1v) is 9.31. The van der Waals surface area contributed by atoms with Crippen LogP contribution in [0.25, 0.3) is 0 Å². The summed E-state index contributed by atoms with van der Waals surface area (Å²) in [5.74, 6) is 1.62. The molecule has 166 valence electrons. The quantitative estimate of drug-likeness (QED) is 0.275. The van der Waals surface area contributed by atoms with Crippen molar-refractivity contribution in [3.05, 3.63) is 23.8 Å². The summed E-state index contributed by atoms with van der Waals surface area (Å²) in [5, 5.41) is 16.7. The van der Waals surface area contributed by atoms with Gasteiger partial charge in [0.2, 0.25) is 5.91 Å². The highest BCUT2D eigenvalue weighted by molar-refractivity contribution is 14.0. The molecule has 0 aliphatic carbocycles. The molecule has 29 heavy (non-hydrogen) atoms. The zero-order chi connectivity index (χ0) is 21.3. The van der Waals surface area contributed by atoms with Crippen molar-refractivity contribution in [2.75, 3.05) is 40.9 Å². The molecule has 1 amide bonds. The Balaban J connectivity index is 0.00000784. The maximum atomic E-state index is 12.2. The van der Waals surface area contributed by atoms with Gasteiger partial charge < -0.3 is 30.1 Å². The second kappa shape index (κ2) is 12.7. The lowest BCUT2D eigenvalue weighted by molar-refractivity contribution is -0.122. The lowest BCUT2D eigenvalue weighted by atomic mass is 10.1. The van der Waals surface area contributed by atoms with Crippen molar-refractivity contribution < 1.29 is 19.4 Å². The summed E-state index contributed by atoms with van der Waals surface area (Å²) >= 11 is 0. The van der Waals surface area contributed by atoms with Gasteiger partial charge in [-0.05, 0) is 45.9 Å². The molecule has 0 bridgehead atoms. The van der Waals surface area contributed by atoms with Gasteiger partial charge >= 0.3 is 0 Å². The van der Waals surface area contributed by atoms with E-state index in [0.717, 1.165) is 0 Å². The van der Waals surface area contributed by atoms with Crippen molar-refractivity contribution in [2.45, 2.75) is 39.3 Å². The van der Waals surface area contributed by atoms with Crippen LogP contribution in [0.15, 0.2) is 23.2 Å². The molecule has 1 unspecified atom stereocenters. The van der Waals surface area contributed by atoms with E-state index in [1.54, 1.807) is 44.4 Å². The lowest BCUT2D eigenvalue weighted by Crippen LogP contribution is -2.48. The zero-order valence-corrected chi connectivity index (χ0v) is 20.7. The summed E-state index contributed by atoms with van der Waals surface area (Å²) < 4.78 is 10.5. The molecule has 0 aromatic heterocycles. The highest BCUT2D eigenvalue weighted by Crippen LogP contribution is 2.29. The summed E-state index contributed by atoms with van der Waals surface area (Å²) in [7, 11) is 4.90.